The summed E-state index contributed by atoms with van der Waals surface area (Å²) in [4.78, 5) is 13.0. The molecule has 4 N–H and O–H groups in total. The van der Waals surface area contributed by atoms with Crippen molar-refractivity contribution in [1.29, 1.82) is 0 Å². The zero-order valence-electron chi connectivity index (χ0n) is 11.3. The highest BCUT2D eigenvalue weighted by atomic mass is 16.5. The van der Waals surface area contributed by atoms with Gasteiger partial charge in [-0.2, -0.15) is 0 Å². The van der Waals surface area contributed by atoms with E-state index in [2.05, 4.69) is 5.32 Å². The van der Waals surface area contributed by atoms with Gasteiger partial charge in [0.15, 0.2) is 0 Å². The molecule has 0 aliphatic carbocycles. The molecule has 0 aliphatic heterocycles. The van der Waals surface area contributed by atoms with Gasteiger partial charge in [-0.15, -0.1) is 0 Å². The number of carboxylic acid groups (broad SMARTS) is 1. The van der Waals surface area contributed by atoms with E-state index in [-0.39, 0.29) is 11.3 Å². The number of nitrogens with one attached hydrogen (secondary N) is 1. The van der Waals surface area contributed by atoms with Gasteiger partial charge in [0.1, 0.15) is 0 Å². The summed E-state index contributed by atoms with van der Waals surface area (Å²) in [5.74, 6) is -1.02. The number of hydrogen-bond donors (Lipinski definition) is 3. The molecule has 0 spiro atoms. The van der Waals surface area contributed by atoms with Crippen LogP contribution in [0.1, 0.15) is 10.4 Å². The van der Waals surface area contributed by atoms with Gasteiger partial charge in [0.25, 0.3) is 0 Å². The molecule has 0 radical (unpaired) electrons. The standard InChI is InChI=1S/C13H21N3O3/c1-16(2)6-8-19-7-5-15-10-3-4-12(14)11(9-10)13(17)18/h3-4,9,15H,5-8,14H2,1-2H3,(H,17,18). The Morgan fingerprint density at radius 2 is 2.16 bits per heavy atom. The summed E-state index contributed by atoms with van der Waals surface area (Å²) in [5.41, 5.74) is 6.67. The summed E-state index contributed by atoms with van der Waals surface area (Å²) < 4.78 is 5.42. The molecule has 19 heavy (non-hydrogen) atoms. The average Bonchev–Trinajstić information content (AvgIpc) is 2.34. The number of rotatable bonds is 8. The van der Waals surface area contributed by atoms with Crippen LogP contribution in [-0.4, -0.2) is 56.4 Å². The van der Waals surface area contributed by atoms with Crippen LogP contribution in [-0.2, 0) is 4.74 Å². The molecule has 0 aliphatic rings. The van der Waals surface area contributed by atoms with Gasteiger partial charge in [-0.05, 0) is 32.3 Å². The molecule has 0 saturated carbocycles. The lowest BCUT2D eigenvalue weighted by molar-refractivity contribution is 0.0698. The molecule has 1 aromatic rings. The van der Waals surface area contributed by atoms with Gasteiger partial charge in [-0.1, -0.05) is 0 Å². The van der Waals surface area contributed by atoms with Gasteiger partial charge < -0.3 is 25.8 Å². The quantitative estimate of drug-likeness (QED) is 0.480. The van der Waals surface area contributed by atoms with Gasteiger partial charge in [0.05, 0.1) is 18.8 Å². The van der Waals surface area contributed by atoms with Gasteiger partial charge in [-0.25, -0.2) is 4.79 Å². The van der Waals surface area contributed by atoms with Crippen molar-refractivity contribution in [2.24, 2.45) is 0 Å². The van der Waals surface area contributed by atoms with Crippen LogP contribution in [0.2, 0.25) is 0 Å². The van der Waals surface area contributed by atoms with Gasteiger partial charge in [-0.3, -0.25) is 0 Å². The molecule has 0 unspecified atom stereocenters. The second-order valence-corrected chi connectivity index (χ2v) is 4.45. The van der Waals surface area contributed by atoms with E-state index in [0.717, 1.165) is 12.2 Å². The Bertz CT molecular complexity index is 422. The maximum absolute atomic E-state index is 10.9. The minimum atomic E-state index is -1.02. The first kappa shape index (κ1) is 15.3. The number of carbonyl (C=O) groups is 1. The predicted molar refractivity (Wildman–Crippen MR) is 75.7 cm³/mol. The first-order valence-corrected chi connectivity index (χ1v) is 6.10. The van der Waals surface area contributed by atoms with Crippen molar-refractivity contribution >= 4 is 17.3 Å². The Kier molecular flexibility index (Phi) is 6.11. The number of nitrogens with two attached hydrogens (primary N) is 1. The maximum atomic E-state index is 10.9. The monoisotopic (exact) mass is 267 g/mol. The molecule has 0 heterocycles. The Balaban J connectivity index is 2.34. The molecule has 0 fully saturated rings. The topological polar surface area (TPSA) is 87.8 Å². The molecule has 1 aromatic carbocycles. The molecule has 1 rings (SSSR count). The van der Waals surface area contributed by atoms with E-state index in [1.165, 1.54) is 6.07 Å². The third-order valence-electron chi connectivity index (χ3n) is 2.54. The zero-order valence-corrected chi connectivity index (χ0v) is 11.3. The van der Waals surface area contributed by atoms with Crippen LogP contribution in [0.25, 0.3) is 0 Å². The molecule has 6 heteroatoms. The lowest BCUT2D eigenvalue weighted by Gasteiger charge is -2.11. The number of hydrogen-bond acceptors (Lipinski definition) is 5. The molecule has 106 valence electrons. The second-order valence-electron chi connectivity index (χ2n) is 4.45. The highest BCUT2D eigenvalue weighted by Crippen LogP contribution is 2.17. The first-order chi connectivity index (χ1) is 9.00. The number of likely N-dealkylation sites (N-methyl/N-ethyl adjacent to an activating group) is 1. The molecule has 0 amide bonds. The van der Waals surface area contributed by atoms with Crippen molar-refractivity contribution < 1.29 is 14.6 Å². The molecular weight excluding hydrogens is 246 g/mol. The van der Waals surface area contributed by atoms with E-state index in [0.29, 0.717) is 19.8 Å². The second kappa shape index (κ2) is 7.60. The smallest absolute Gasteiger partial charge is 0.337 e. The average molecular weight is 267 g/mol. The third kappa shape index (κ3) is 5.58. The van der Waals surface area contributed by atoms with E-state index in [9.17, 15) is 4.79 Å². The largest absolute Gasteiger partial charge is 0.478 e. The first-order valence-electron chi connectivity index (χ1n) is 6.10. The molecule has 6 nitrogen and oxygen atoms in total. The fourth-order valence-corrected chi connectivity index (χ4v) is 1.47. The van der Waals surface area contributed by atoms with Gasteiger partial charge >= 0.3 is 5.97 Å². The van der Waals surface area contributed by atoms with E-state index >= 15 is 0 Å². The van der Waals surface area contributed by atoms with Crippen LogP contribution >= 0.6 is 0 Å². The van der Waals surface area contributed by atoms with E-state index in [1.807, 2.05) is 19.0 Å². The summed E-state index contributed by atoms with van der Waals surface area (Å²) in [5, 5.41) is 12.0. The normalized spacial score (nSPS) is 10.7. The lowest BCUT2D eigenvalue weighted by Crippen LogP contribution is -2.20. The Labute approximate surface area is 113 Å². The van der Waals surface area contributed by atoms with Crippen LogP contribution in [0, 0.1) is 0 Å². The molecular formula is C13H21N3O3. The number of nitrogen functional groups attached to an aromatic ring is 1. The Morgan fingerprint density at radius 3 is 2.79 bits per heavy atom. The Hall–Kier alpha value is -1.79. The van der Waals surface area contributed by atoms with E-state index < -0.39 is 5.97 Å². The maximum Gasteiger partial charge on any atom is 0.337 e. The number of carboxylic acids is 1. The van der Waals surface area contributed by atoms with Crippen molar-refractivity contribution in [3.63, 3.8) is 0 Å². The van der Waals surface area contributed by atoms with Crippen molar-refractivity contribution in [3.05, 3.63) is 23.8 Å². The molecule has 0 aromatic heterocycles. The lowest BCUT2D eigenvalue weighted by atomic mass is 10.1. The highest BCUT2D eigenvalue weighted by molar-refractivity contribution is 5.94. The van der Waals surface area contributed by atoms with Gasteiger partial charge in [0.2, 0.25) is 0 Å². The number of benzene rings is 1. The number of nitrogens with zero attached hydrogens (tertiary/aromatic N) is 1. The van der Waals surface area contributed by atoms with Crippen LogP contribution < -0.4 is 11.1 Å². The zero-order chi connectivity index (χ0) is 14.3. The summed E-state index contributed by atoms with van der Waals surface area (Å²) in [6, 6.07) is 4.86. The summed E-state index contributed by atoms with van der Waals surface area (Å²) in [6.45, 7) is 2.75. The summed E-state index contributed by atoms with van der Waals surface area (Å²) in [7, 11) is 3.98. The Morgan fingerprint density at radius 1 is 1.42 bits per heavy atom. The molecule has 0 bridgehead atoms. The van der Waals surface area contributed by atoms with Crippen molar-refractivity contribution in [1.82, 2.24) is 4.90 Å². The minimum Gasteiger partial charge on any atom is -0.478 e. The van der Waals surface area contributed by atoms with E-state index in [1.54, 1.807) is 12.1 Å². The third-order valence-corrected chi connectivity index (χ3v) is 2.54. The molecule has 0 atom stereocenters. The van der Waals surface area contributed by atoms with Crippen molar-refractivity contribution in [3.8, 4) is 0 Å². The van der Waals surface area contributed by atoms with Crippen molar-refractivity contribution in [2.45, 2.75) is 0 Å². The van der Waals surface area contributed by atoms with Crippen LogP contribution in [0.3, 0.4) is 0 Å². The molecule has 0 saturated heterocycles. The fraction of sp³-hybridized carbons (Fsp3) is 0.462. The number of ether oxygens (including phenoxy) is 1. The minimum absolute atomic E-state index is 0.110. The van der Waals surface area contributed by atoms with Gasteiger partial charge in [0, 0.05) is 24.5 Å². The van der Waals surface area contributed by atoms with Crippen LogP contribution in [0.5, 0.6) is 0 Å². The predicted octanol–water partition coefficient (Wildman–Crippen LogP) is 0.957. The highest BCUT2D eigenvalue weighted by Gasteiger charge is 2.08. The van der Waals surface area contributed by atoms with Crippen LogP contribution in [0.4, 0.5) is 11.4 Å². The van der Waals surface area contributed by atoms with Crippen molar-refractivity contribution in [2.75, 3.05) is 51.4 Å². The number of anilines is 2. The SMILES string of the molecule is CN(C)CCOCCNc1ccc(N)c(C(=O)O)c1. The van der Waals surface area contributed by atoms with Crippen LogP contribution in [0.15, 0.2) is 18.2 Å². The van der Waals surface area contributed by atoms with E-state index in [4.69, 9.17) is 15.6 Å². The number of aromatic carboxylic acids is 1. The fourth-order valence-electron chi connectivity index (χ4n) is 1.47. The summed E-state index contributed by atoms with van der Waals surface area (Å²) >= 11 is 0. The summed E-state index contributed by atoms with van der Waals surface area (Å²) in [6.07, 6.45) is 0.